The van der Waals surface area contributed by atoms with Gasteiger partial charge in [-0.1, -0.05) is 19.6 Å². The van der Waals surface area contributed by atoms with Crippen molar-refractivity contribution in [1.29, 1.82) is 0 Å². The van der Waals surface area contributed by atoms with E-state index < -0.39 is 20.0 Å². The smallest absolute Gasteiger partial charge is 0.357 e. The Morgan fingerprint density at radius 3 is 2.56 bits per heavy atom. The Balaban J connectivity index is 1.63. The Bertz CT molecular complexity index is 1380. The molecule has 0 saturated carbocycles. The quantitative estimate of drug-likeness (QED) is 0.273. The number of hydrogen-bond donors (Lipinski definition) is 0. The SMILES string of the molecule is COC(=O)c1nc(N2CCOCC2)ccc1-c1cc2c(cc1C(=O)OCC[Si](C)(C)C)-c1sccc1CCO2. The summed E-state index contributed by atoms with van der Waals surface area (Å²) in [6, 6.07) is 10.4. The molecule has 206 valence electrons. The van der Waals surface area contributed by atoms with Gasteiger partial charge in [-0.05, 0) is 47.3 Å². The van der Waals surface area contributed by atoms with E-state index in [9.17, 15) is 9.59 Å². The standard InChI is InChI=1S/C29H34N2O6SSi/c1-34-29(33)26-20(5-6-25(30-26)31-9-12-35-13-10-31)21-18-24-23(27-19(7-11-36-24)8-15-38-27)17-22(21)28(32)37-14-16-39(2,3)4/h5-6,8,15,17-18H,7,9-14,16H2,1-4H3. The molecule has 0 N–H and O–H groups in total. The maximum atomic E-state index is 13.6. The molecule has 5 rings (SSSR count). The van der Waals surface area contributed by atoms with E-state index in [0.717, 1.165) is 22.9 Å². The number of nitrogens with zero attached hydrogens (tertiary/aromatic N) is 2. The van der Waals surface area contributed by atoms with Crippen LogP contribution in [0.3, 0.4) is 0 Å². The molecule has 0 bridgehead atoms. The molecule has 10 heteroatoms. The second-order valence-corrected chi connectivity index (χ2v) is 17.4. The number of benzene rings is 1. The molecule has 0 aliphatic carbocycles. The molecule has 0 atom stereocenters. The Hall–Kier alpha value is -3.21. The maximum Gasteiger partial charge on any atom is 0.357 e. The van der Waals surface area contributed by atoms with Gasteiger partial charge < -0.3 is 23.8 Å². The fourth-order valence-electron chi connectivity index (χ4n) is 4.72. The molecule has 39 heavy (non-hydrogen) atoms. The number of thiophene rings is 1. The first kappa shape index (κ1) is 27.4. The molecule has 0 radical (unpaired) electrons. The lowest BCUT2D eigenvalue weighted by atomic mass is 9.94. The summed E-state index contributed by atoms with van der Waals surface area (Å²) in [5, 5.41) is 2.06. The van der Waals surface area contributed by atoms with Crippen LogP contribution in [0.2, 0.25) is 25.7 Å². The summed E-state index contributed by atoms with van der Waals surface area (Å²) in [5.74, 6) is 0.324. The largest absolute Gasteiger partial charge is 0.493 e. The van der Waals surface area contributed by atoms with E-state index in [-0.39, 0.29) is 5.69 Å². The molecule has 3 aromatic rings. The molecular formula is C29H34N2O6SSi. The van der Waals surface area contributed by atoms with Gasteiger partial charge in [0.1, 0.15) is 11.6 Å². The zero-order valence-electron chi connectivity index (χ0n) is 22.9. The molecular weight excluding hydrogens is 532 g/mol. The Kier molecular flexibility index (Phi) is 8.06. The van der Waals surface area contributed by atoms with Crippen molar-refractivity contribution in [3.8, 4) is 27.3 Å². The van der Waals surface area contributed by atoms with Crippen LogP contribution in [0.15, 0.2) is 35.7 Å². The summed E-state index contributed by atoms with van der Waals surface area (Å²) in [5.41, 5.74) is 3.60. The van der Waals surface area contributed by atoms with E-state index in [1.165, 1.54) is 12.7 Å². The highest BCUT2D eigenvalue weighted by molar-refractivity contribution is 7.13. The highest BCUT2D eigenvalue weighted by atomic mass is 32.1. The van der Waals surface area contributed by atoms with E-state index in [1.807, 2.05) is 24.3 Å². The van der Waals surface area contributed by atoms with Gasteiger partial charge in [-0.25, -0.2) is 14.6 Å². The first-order chi connectivity index (χ1) is 18.7. The minimum absolute atomic E-state index is 0.142. The first-order valence-corrected chi connectivity index (χ1v) is 17.8. The van der Waals surface area contributed by atoms with Crippen LogP contribution >= 0.6 is 11.3 Å². The summed E-state index contributed by atoms with van der Waals surface area (Å²) in [6.45, 7) is 10.2. The third-order valence-corrected chi connectivity index (χ3v) is 9.62. The van der Waals surface area contributed by atoms with Crippen LogP contribution in [-0.4, -0.2) is 71.6 Å². The van der Waals surface area contributed by atoms with Gasteiger partial charge in [0.2, 0.25) is 0 Å². The van der Waals surface area contributed by atoms with Crippen molar-refractivity contribution in [2.45, 2.75) is 32.1 Å². The van der Waals surface area contributed by atoms with Gasteiger partial charge >= 0.3 is 11.9 Å². The van der Waals surface area contributed by atoms with E-state index in [1.54, 1.807) is 11.3 Å². The summed E-state index contributed by atoms with van der Waals surface area (Å²) < 4.78 is 22.6. The van der Waals surface area contributed by atoms with Crippen molar-refractivity contribution < 1.29 is 28.5 Å². The van der Waals surface area contributed by atoms with E-state index >= 15 is 0 Å². The fraction of sp³-hybridized carbons (Fsp3) is 0.414. The number of hydrogen-bond acceptors (Lipinski definition) is 9. The second kappa shape index (κ2) is 11.5. The van der Waals surface area contributed by atoms with Crippen molar-refractivity contribution in [3.05, 3.63) is 52.5 Å². The minimum atomic E-state index is -1.40. The lowest BCUT2D eigenvalue weighted by Gasteiger charge is -2.28. The van der Waals surface area contributed by atoms with Crippen LogP contribution in [0.25, 0.3) is 21.6 Å². The van der Waals surface area contributed by atoms with Crippen LogP contribution < -0.4 is 9.64 Å². The molecule has 8 nitrogen and oxygen atoms in total. The van der Waals surface area contributed by atoms with Crippen molar-refractivity contribution in [1.82, 2.24) is 4.98 Å². The molecule has 1 aromatic carbocycles. The van der Waals surface area contributed by atoms with Crippen LogP contribution in [0.4, 0.5) is 5.82 Å². The number of anilines is 1. The molecule has 0 amide bonds. The van der Waals surface area contributed by atoms with Crippen LogP contribution in [0.5, 0.6) is 5.75 Å². The van der Waals surface area contributed by atoms with Crippen LogP contribution in [-0.2, 0) is 20.6 Å². The van der Waals surface area contributed by atoms with Crippen molar-refractivity contribution in [3.63, 3.8) is 0 Å². The van der Waals surface area contributed by atoms with Gasteiger partial charge in [0.25, 0.3) is 0 Å². The van der Waals surface area contributed by atoms with Crippen molar-refractivity contribution >= 4 is 37.2 Å². The van der Waals surface area contributed by atoms with Gasteiger partial charge in [0.15, 0.2) is 5.69 Å². The Morgan fingerprint density at radius 1 is 1.03 bits per heavy atom. The predicted octanol–water partition coefficient (Wildman–Crippen LogP) is 5.53. The number of ether oxygens (including phenoxy) is 4. The average molecular weight is 567 g/mol. The number of rotatable bonds is 7. The molecule has 1 fully saturated rings. The number of pyridine rings is 1. The molecule has 2 aliphatic rings. The third kappa shape index (κ3) is 6.02. The fourth-order valence-corrected chi connectivity index (χ4v) is 6.41. The van der Waals surface area contributed by atoms with E-state index in [4.69, 9.17) is 23.9 Å². The lowest BCUT2D eigenvalue weighted by Crippen LogP contribution is -2.37. The monoisotopic (exact) mass is 566 g/mol. The number of morpholine rings is 1. The summed E-state index contributed by atoms with van der Waals surface area (Å²) in [6.07, 6.45) is 0.780. The minimum Gasteiger partial charge on any atom is -0.493 e. The van der Waals surface area contributed by atoms with Crippen LogP contribution in [0.1, 0.15) is 26.4 Å². The number of esters is 2. The Morgan fingerprint density at radius 2 is 1.82 bits per heavy atom. The first-order valence-electron chi connectivity index (χ1n) is 13.2. The number of carbonyl (C=O) groups excluding carboxylic acids is 2. The van der Waals surface area contributed by atoms with Crippen LogP contribution in [0, 0.1) is 0 Å². The maximum absolute atomic E-state index is 13.6. The summed E-state index contributed by atoms with van der Waals surface area (Å²) >= 11 is 1.63. The summed E-state index contributed by atoms with van der Waals surface area (Å²) in [7, 11) is -0.0704. The third-order valence-electron chi connectivity index (χ3n) is 6.93. The normalized spacial score (nSPS) is 15.0. The van der Waals surface area contributed by atoms with Gasteiger partial charge in [-0.3, -0.25) is 0 Å². The van der Waals surface area contributed by atoms with Gasteiger partial charge in [-0.2, -0.15) is 0 Å². The molecule has 2 aliphatic heterocycles. The van der Waals surface area contributed by atoms with E-state index in [0.29, 0.717) is 67.8 Å². The highest BCUT2D eigenvalue weighted by Crippen LogP contribution is 2.43. The van der Waals surface area contributed by atoms with Crippen molar-refractivity contribution in [2.24, 2.45) is 0 Å². The zero-order chi connectivity index (χ0) is 27.6. The molecule has 0 unspecified atom stereocenters. The Labute approximate surface area is 233 Å². The zero-order valence-corrected chi connectivity index (χ0v) is 24.7. The topological polar surface area (TPSA) is 87.2 Å². The highest BCUT2D eigenvalue weighted by Gasteiger charge is 2.28. The predicted molar refractivity (Wildman–Crippen MR) is 155 cm³/mol. The lowest BCUT2D eigenvalue weighted by molar-refractivity contribution is 0.0524. The number of carbonyl (C=O) groups is 2. The van der Waals surface area contributed by atoms with E-state index in [2.05, 4.69) is 36.0 Å². The van der Waals surface area contributed by atoms with Crippen molar-refractivity contribution in [2.75, 3.05) is 51.5 Å². The number of aromatic nitrogens is 1. The van der Waals surface area contributed by atoms with Gasteiger partial charge in [0, 0.05) is 49.2 Å². The molecule has 2 aromatic heterocycles. The molecule has 4 heterocycles. The average Bonchev–Trinajstić information content (AvgIpc) is 3.33. The summed E-state index contributed by atoms with van der Waals surface area (Å²) in [4.78, 5) is 34.5. The molecule has 0 spiro atoms. The number of fused-ring (bicyclic) bond motifs is 3. The number of methoxy groups -OCH3 is 1. The van der Waals surface area contributed by atoms with Gasteiger partial charge in [0.05, 0.1) is 39.1 Å². The molecule has 1 saturated heterocycles. The van der Waals surface area contributed by atoms with Gasteiger partial charge in [-0.15, -0.1) is 11.3 Å². The second-order valence-electron chi connectivity index (χ2n) is 10.9.